The van der Waals surface area contributed by atoms with E-state index in [4.69, 9.17) is 9.47 Å². The molecule has 0 unspecified atom stereocenters. The molecule has 3 atom stereocenters. The number of pyridine rings is 1. The molecule has 0 saturated carbocycles. The Bertz CT molecular complexity index is 756. The maximum atomic E-state index is 12.9. The minimum atomic E-state index is 0.0598. The van der Waals surface area contributed by atoms with Gasteiger partial charge in [-0.3, -0.25) is 4.79 Å². The number of morpholine rings is 1. The number of fused-ring (bicyclic) bond motifs is 1. The van der Waals surface area contributed by atoms with E-state index >= 15 is 0 Å². The van der Waals surface area contributed by atoms with Crippen molar-refractivity contribution in [3.63, 3.8) is 0 Å². The molecule has 4 rings (SSSR count). The Labute approximate surface area is 147 Å². The quantitative estimate of drug-likeness (QED) is 0.859. The topological polar surface area (TPSA) is 56.6 Å². The minimum Gasteiger partial charge on any atom is -0.372 e. The predicted octanol–water partition coefficient (Wildman–Crippen LogP) is 2.52. The lowest BCUT2D eigenvalue weighted by atomic mass is 10.1. The number of carbonyl (C=O) groups is 1. The Balaban J connectivity index is 1.63. The van der Waals surface area contributed by atoms with Crippen molar-refractivity contribution in [1.29, 1.82) is 0 Å². The van der Waals surface area contributed by atoms with Crippen LogP contribution in [-0.4, -0.2) is 52.3 Å². The molecule has 0 radical (unpaired) electrons. The molecule has 25 heavy (non-hydrogen) atoms. The van der Waals surface area contributed by atoms with Crippen molar-refractivity contribution in [2.75, 3.05) is 19.7 Å². The van der Waals surface area contributed by atoms with E-state index < -0.39 is 0 Å². The largest absolute Gasteiger partial charge is 0.372 e. The Morgan fingerprint density at radius 1 is 1.32 bits per heavy atom. The summed E-state index contributed by atoms with van der Waals surface area (Å²) in [5.74, 6) is 0.115. The maximum Gasteiger partial charge on any atom is 0.242 e. The van der Waals surface area contributed by atoms with Crippen LogP contribution >= 0.6 is 0 Å². The Morgan fingerprint density at radius 2 is 2.12 bits per heavy atom. The molecule has 6 nitrogen and oxygen atoms in total. The molecule has 4 heterocycles. The number of rotatable bonds is 3. The van der Waals surface area contributed by atoms with E-state index in [2.05, 4.69) is 11.1 Å². The second kappa shape index (κ2) is 6.77. The van der Waals surface area contributed by atoms with Crippen LogP contribution in [0.4, 0.5) is 0 Å². The first-order chi connectivity index (χ1) is 12.1. The fourth-order valence-corrected chi connectivity index (χ4v) is 3.97. The summed E-state index contributed by atoms with van der Waals surface area (Å²) in [6.07, 6.45) is 4.04. The van der Waals surface area contributed by atoms with Crippen LogP contribution in [0.5, 0.6) is 0 Å². The average Bonchev–Trinajstić information content (AvgIpc) is 3.22. The van der Waals surface area contributed by atoms with Crippen molar-refractivity contribution in [1.82, 2.24) is 14.5 Å². The van der Waals surface area contributed by atoms with Crippen LogP contribution in [0.2, 0.25) is 0 Å². The first-order valence-electron chi connectivity index (χ1n) is 9.11. The smallest absolute Gasteiger partial charge is 0.242 e. The van der Waals surface area contributed by atoms with Gasteiger partial charge < -0.3 is 18.9 Å². The van der Waals surface area contributed by atoms with Crippen molar-refractivity contribution in [2.24, 2.45) is 0 Å². The van der Waals surface area contributed by atoms with Gasteiger partial charge in [0.05, 0.1) is 18.3 Å². The van der Waals surface area contributed by atoms with Crippen LogP contribution in [0.25, 0.3) is 11.0 Å². The summed E-state index contributed by atoms with van der Waals surface area (Å²) < 4.78 is 13.7. The van der Waals surface area contributed by atoms with E-state index in [1.807, 2.05) is 35.4 Å². The summed E-state index contributed by atoms with van der Waals surface area (Å²) in [6.45, 7) is 6.40. The molecule has 2 aliphatic heterocycles. The first-order valence-corrected chi connectivity index (χ1v) is 9.11. The van der Waals surface area contributed by atoms with Gasteiger partial charge in [0.2, 0.25) is 5.91 Å². The maximum absolute atomic E-state index is 12.9. The lowest BCUT2D eigenvalue weighted by molar-refractivity contribution is -0.143. The third-order valence-corrected chi connectivity index (χ3v) is 5.01. The van der Waals surface area contributed by atoms with Crippen LogP contribution in [0.1, 0.15) is 38.5 Å². The molecule has 6 heteroatoms. The monoisotopic (exact) mass is 343 g/mol. The molecule has 2 aromatic heterocycles. The SMILES string of the molecule is C[C@@H]1CN(C(=O)Cn2c([C@H]3CCCO3)cc3cccnc32)C[C@H](C)O1. The summed E-state index contributed by atoms with van der Waals surface area (Å²) in [4.78, 5) is 19.4. The van der Waals surface area contributed by atoms with Crippen LogP contribution < -0.4 is 0 Å². The zero-order chi connectivity index (χ0) is 17.4. The van der Waals surface area contributed by atoms with Gasteiger partial charge in [-0.05, 0) is 44.9 Å². The molecular formula is C19H25N3O3. The van der Waals surface area contributed by atoms with Gasteiger partial charge in [0.15, 0.2) is 0 Å². The fraction of sp³-hybridized carbons (Fsp3) is 0.579. The van der Waals surface area contributed by atoms with Crippen molar-refractivity contribution >= 4 is 16.9 Å². The highest BCUT2D eigenvalue weighted by Gasteiger charge is 2.28. The lowest BCUT2D eigenvalue weighted by Gasteiger charge is -2.35. The summed E-state index contributed by atoms with van der Waals surface area (Å²) in [6, 6.07) is 6.09. The average molecular weight is 343 g/mol. The van der Waals surface area contributed by atoms with Crippen molar-refractivity contribution in [2.45, 2.75) is 51.5 Å². The number of carbonyl (C=O) groups excluding carboxylic acids is 1. The predicted molar refractivity (Wildman–Crippen MR) is 94.2 cm³/mol. The zero-order valence-electron chi connectivity index (χ0n) is 14.9. The highest BCUT2D eigenvalue weighted by Crippen LogP contribution is 2.32. The van der Waals surface area contributed by atoms with Crippen LogP contribution in [0, 0.1) is 0 Å². The number of nitrogens with zero attached hydrogens (tertiary/aromatic N) is 3. The van der Waals surface area contributed by atoms with Gasteiger partial charge in [0, 0.05) is 37.0 Å². The lowest BCUT2D eigenvalue weighted by Crippen LogP contribution is -2.49. The van der Waals surface area contributed by atoms with E-state index in [1.165, 1.54) is 0 Å². The molecule has 134 valence electrons. The highest BCUT2D eigenvalue weighted by molar-refractivity contribution is 5.82. The van der Waals surface area contributed by atoms with Crippen molar-refractivity contribution in [3.05, 3.63) is 30.1 Å². The third kappa shape index (κ3) is 3.28. The number of ether oxygens (including phenoxy) is 2. The third-order valence-electron chi connectivity index (χ3n) is 5.01. The summed E-state index contributed by atoms with van der Waals surface area (Å²) in [5.41, 5.74) is 1.92. The second-order valence-corrected chi connectivity index (χ2v) is 7.13. The molecule has 2 aliphatic rings. The Hall–Kier alpha value is -1.92. The number of hydrogen-bond donors (Lipinski definition) is 0. The first kappa shape index (κ1) is 16.5. The second-order valence-electron chi connectivity index (χ2n) is 7.13. The van der Waals surface area contributed by atoms with Gasteiger partial charge in [0.25, 0.3) is 0 Å². The molecule has 2 fully saturated rings. The zero-order valence-corrected chi connectivity index (χ0v) is 14.9. The van der Waals surface area contributed by atoms with E-state index in [9.17, 15) is 4.79 Å². The number of aromatic nitrogens is 2. The molecule has 0 spiro atoms. The van der Waals surface area contributed by atoms with Gasteiger partial charge in [-0.15, -0.1) is 0 Å². The van der Waals surface area contributed by atoms with Gasteiger partial charge in [-0.2, -0.15) is 0 Å². The van der Waals surface area contributed by atoms with Gasteiger partial charge in [-0.1, -0.05) is 0 Å². The fourth-order valence-electron chi connectivity index (χ4n) is 3.97. The molecule has 1 amide bonds. The summed E-state index contributed by atoms with van der Waals surface area (Å²) in [7, 11) is 0. The van der Waals surface area contributed by atoms with Gasteiger partial charge >= 0.3 is 0 Å². The summed E-state index contributed by atoms with van der Waals surface area (Å²) in [5, 5.41) is 1.06. The van der Waals surface area contributed by atoms with Crippen LogP contribution in [0.3, 0.4) is 0 Å². The number of hydrogen-bond acceptors (Lipinski definition) is 4. The molecule has 0 aromatic carbocycles. The van der Waals surface area contributed by atoms with Crippen LogP contribution in [-0.2, 0) is 20.8 Å². The van der Waals surface area contributed by atoms with E-state index in [0.717, 1.165) is 36.2 Å². The van der Waals surface area contributed by atoms with Crippen molar-refractivity contribution < 1.29 is 14.3 Å². The Morgan fingerprint density at radius 3 is 2.84 bits per heavy atom. The molecule has 0 bridgehead atoms. The molecule has 2 saturated heterocycles. The van der Waals surface area contributed by atoms with Crippen molar-refractivity contribution in [3.8, 4) is 0 Å². The van der Waals surface area contributed by atoms with Gasteiger partial charge in [0.1, 0.15) is 12.2 Å². The molecule has 0 aliphatic carbocycles. The molecule has 2 aromatic rings. The standard InChI is InChI=1S/C19H25N3O3/c1-13-10-21(11-14(2)25-13)18(23)12-22-16(17-6-4-8-24-17)9-15-5-3-7-20-19(15)22/h3,5,7,9,13-14,17H,4,6,8,10-12H2,1-2H3/t13-,14+,17-/m1/s1. The normalized spacial score (nSPS) is 27.1. The molecular weight excluding hydrogens is 318 g/mol. The van der Waals surface area contributed by atoms with E-state index in [-0.39, 0.29) is 24.2 Å². The summed E-state index contributed by atoms with van der Waals surface area (Å²) >= 11 is 0. The van der Waals surface area contributed by atoms with Crippen LogP contribution in [0.15, 0.2) is 24.4 Å². The highest BCUT2D eigenvalue weighted by atomic mass is 16.5. The number of amides is 1. The minimum absolute atomic E-state index is 0.0598. The van der Waals surface area contributed by atoms with E-state index in [1.54, 1.807) is 6.20 Å². The molecule has 0 N–H and O–H groups in total. The Kier molecular flexibility index (Phi) is 4.48. The van der Waals surface area contributed by atoms with E-state index in [0.29, 0.717) is 19.6 Å². The van der Waals surface area contributed by atoms with Gasteiger partial charge in [-0.25, -0.2) is 4.98 Å².